The first-order valence-electron chi connectivity index (χ1n) is 5.25. The van der Waals surface area contributed by atoms with Gasteiger partial charge in [0.15, 0.2) is 0 Å². The van der Waals surface area contributed by atoms with Crippen LogP contribution in [-0.4, -0.2) is 31.7 Å². The number of nitrogens with one attached hydrogen (secondary N) is 2. The maximum Gasteiger partial charge on any atom is 0.254 e. The molecule has 1 aromatic rings. The number of hydrogen-bond donors (Lipinski definition) is 2. The fourth-order valence-corrected chi connectivity index (χ4v) is 1.75. The van der Waals surface area contributed by atoms with Crippen molar-refractivity contribution in [1.82, 2.24) is 5.32 Å². The van der Waals surface area contributed by atoms with Crippen LogP contribution in [0.25, 0.3) is 0 Å². The number of rotatable bonds is 2. The Labute approximate surface area is 103 Å². The molecule has 0 bridgehead atoms. The molecule has 1 saturated heterocycles. The fourth-order valence-electron chi connectivity index (χ4n) is 1.54. The predicted molar refractivity (Wildman–Crippen MR) is 62.6 cm³/mol. The lowest BCUT2D eigenvalue weighted by molar-refractivity contribution is -0.128. The van der Waals surface area contributed by atoms with E-state index in [2.05, 4.69) is 10.6 Å². The molecule has 0 spiro atoms. The van der Waals surface area contributed by atoms with Crippen molar-refractivity contribution in [3.8, 4) is 0 Å². The van der Waals surface area contributed by atoms with Gasteiger partial charge in [-0.1, -0.05) is 11.6 Å². The third kappa shape index (κ3) is 3.15. The molecular weight excluding hydrogens is 247 g/mol. The molecule has 0 unspecified atom stereocenters. The zero-order valence-electron chi connectivity index (χ0n) is 9.00. The molecule has 1 atom stereocenters. The summed E-state index contributed by atoms with van der Waals surface area (Å²) in [4.78, 5) is 11.8. The zero-order chi connectivity index (χ0) is 12.3. The minimum atomic E-state index is -0.537. The molecular formula is C11H12ClFN2O2. The number of hydrogen-bond acceptors (Lipinski definition) is 3. The molecule has 1 aliphatic rings. The lowest BCUT2D eigenvalue weighted by Crippen LogP contribution is -2.45. The summed E-state index contributed by atoms with van der Waals surface area (Å²) in [5.74, 6) is -0.728. The predicted octanol–water partition coefficient (Wildman–Crippen LogP) is 1.41. The maximum atomic E-state index is 12.8. The molecule has 1 fully saturated rings. The number of morpholine rings is 1. The van der Waals surface area contributed by atoms with Gasteiger partial charge in [-0.25, -0.2) is 4.39 Å². The minimum absolute atomic E-state index is 0.169. The van der Waals surface area contributed by atoms with Crippen molar-refractivity contribution in [2.75, 3.05) is 25.0 Å². The second-order valence-corrected chi connectivity index (χ2v) is 4.08. The van der Waals surface area contributed by atoms with E-state index < -0.39 is 11.9 Å². The molecule has 92 valence electrons. The van der Waals surface area contributed by atoms with Gasteiger partial charge < -0.3 is 15.4 Å². The topological polar surface area (TPSA) is 50.4 Å². The molecule has 6 heteroatoms. The Kier molecular flexibility index (Phi) is 3.93. The summed E-state index contributed by atoms with van der Waals surface area (Å²) in [5.41, 5.74) is 0.382. The normalized spacial score (nSPS) is 20.0. The number of halogens is 2. The van der Waals surface area contributed by atoms with Crippen LogP contribution in [0.5, 0.6) is 0 Å². The molecule has 1 aliphatic heterocycles. The van der Waals surface area contributed by atoms with E-state index in [-0.39, 0.29) is 10.9 Å². The SMILES string of the molecule is O=C(Nc1ccc(F)cc1Cl)[C@H]1CNCCO1. The van der Waals surface area contributed by atoms with E-state index in [1.165, 1.54) is 12.1 Å². The van der Waals surface area contributed by atoms with E-state index >= 15 is 0 Å². The Bertz CT molecular complexity index is 422. The van der Waals surface area contributed by atoms with Gasteiger partial charge in [0.05, 0.1) is 17.3 Å². The fraction of sp³-hybridized carbons (Fsp3) is 0.364. The van der Waals surface area contributed by atoms with E-state index in [1.54, 1.807) is 0 Å². The first kappa shape index (κ1) is 12.3. The molecule has 0 saturated carbocycles. The van der Waals surface area contributed by atoms with Crippen LogP contribution < -0.4 is 10.6 Å². The number of benzene rings is 1. The number of ether oxygens (including phenoxy) is 1. The van der Waals surface area contributed by atoms with E-state index in [0.717, 1.165) is 12.6 Å². The van der Waals surface area contributed by atoms with Crippen LogP contribution >= 0.6 is 11.6 Å². The number of carbonyl (C=O) groups excluding carboxylic acids is 1. The Morgan fingerprint density at radius 3 is 3.06 bits per heavy atom. The summed E-state index contributed by atoms with van der Waals surface area (Å²) in [6, 6.07) is 3.81. The molecule has 4 nitrogen and oxygen atoms in total. The Balaban J connectivity index is 2.02. The second kappa shape index (κ2) is 5.44. The average molecular weight is 259 g/mol. The van der Waals surface area contributed by atoms with Crippen molar-refractivity contribution in [1.29, 1.82) is 0 Å². The molecule has 1 aromatic carbocycles. The van der Waals surface area contributed by atoms with Crippen LogP contribution in [0.1, 0.15) is 0 Å². The molecule has 2 N–H and O–H groups in total. The maximum absolute atomic E-state index is 12.8. The van der Waals surface area contributed by atoms with Crippen molar-refractivity contribution in [3.63, 3.8) is 0 Å². The second-order valence-electron chi connectivity index (χ2n) is 3.68. The van der Waals surface area contributed by atoms with Crippen molar-refractivity contribution in [2.24, 2.45) is 0 Å². The van der Waals surface area contributed by atoms with Crippen molar-refractivity contribution < 1.29 is 13.9 Å². The van der Waals surface area contributed by atoms with E-state index in [4.69, 9.17) is 16.3 Å². The highest BCUT2D eigenvalue weighted by atomic mass is 35.5. The summed E-state index contributed by atoms with van der Waals surface area (Å²) >= 11 is 5.80. The summed E-state index contributed by atoms with van der Waals surface area (Å²) in [7, 11) is 0. The van der Waals surface area contributed by atoms with Gasteiger partial charge in [-0.05, 0) is 18.2 Å². The lowest BCUT2D eigenvalue weighted by Gasteiger charge is -2.22. The molecule has 2 rings (SSSR count). The largest absolute Gasteiger partial charge is 0.366 e. The van der Waals surface area contributed by atoms with Crippen LogP contribution in [-0.2, 0) is 9.53 Å². The van der Waals surface area contributed by atoms with E-state index in [0.29, 0.717) is 18.8 Å². The van der Waals surface area contributed by atoms with Crippen LogP contribution in [0.2, 0.25) is 5.02 Å². The van der Waals surface area contributed by atoms with Gasteiger partial charge in [0, 0.05) is 13.1 Å². The number of amides is 1. The van der Waals surface area contributed by atoms with Gasteiger partial charge in [-0.3, -0.25) is 4.79 Å². The molecule has 0 aliphatic carbocycles. The zero-order valence-corrected chi connectivity index (χ0v) is 9.76. The van der Waals surface area contributed by atoms with Crippen molar-refractivity contribution in [2.45, 2.75) is 6.10 Å². The highest BCUT2D eigenvalue weighted by Gasteiger charge is 2.22. The molecule has 17 heavy (non-hydrogen) atoms. The van der Waals surface area contributed by atoms with E-state index in [1.807, 2.05) is 0 Å². The highest BCUT2D eigenvalue weighted by Crippen LogP contribution is 2.22. The first-order chi connectivity index (χ1) is 8.16. The van der Waals surface area contributed by atoms with Crippen LogP contribution in [0.4, 0.5) is 10.1 Å². The van der Waals surface area contributed by atoms with Gasteiger partial charge in [0.25, 0.3) is 5.91 Å². The van der Waals surface area contributed by atoms with Gasteiger partial charge in [0.2, 0.25) is 0 Å². The van der Waals surface area contributed by atoms with Crippen LogP contribution in [0, 0.1) is 5.82 Å². The number of anilines is 1. The van der Waals surface area contributed by atoms with Crippen molar-refractivity contribution >= 4 is 23.2 Å². The average Bonchev–Trinajstić information content (AvgIpc) is 2.34. The monoisotopic (exact) mass is 258 g/mol. The first-order valence-corrected chi connectivity index (χ1v) is 5.63. The summed E-state index contributed by atoms with van der Waals surface area (Å²) in [5, 5.41) is 5.82. The Morgan fingerprint density at radius 2 is 2.41 bits per heavy atom. The smallest absolute Gasteiger partial charge is 0.254 e. The van der Waals surface area contributed by atoms with Crippen LogP contribution in [0.3, 0.4) is 0 Å². The third-order valence-electron chi connectivity index (χ3n) is 2.41. The molecule has 1 heterocycles. The molecule has 0 radical (unpaired) electrons. The van der Waals surface area contributed by atoms with Gasteiger partial charge in [-0.15, -0.1) is 0 Å². The quantitative estimate of drug-likeness (QED) is 0.843. The standard InChI is InChI=1S/C11H12ClFN2O2/c12-8-5-7(13)1-2-9(8)15-11(16)10-6-14-3-4-17-10/h1-2,5,10,14H,3-4,6H2,(H,15,16)/t10-/m1/s1. The summed E-state index contributed by atoms with van der Waals surface area (Å²) in [6.45, 7) is 1.70. The molecule has 0 aromatic heterocycles. The van der Waals surface area contributed by atoms with Gasteiger partial charge in [0.1, 0.15) is 11.9 Å². The summed E-state index contributed by atoms with van der Waals surface area (Å²) < 4.78 is 18.1. The Morgan fingerprint density at radius 1 is 1.59 bits per heavy atom. The molecule has 1 amide bonds. The minimum Gasteiger partial charge on any atom is -0.366 e. The van der Waals surface area contributed by atoms with Gasteiger partial charge in [-0.2, -0.15) is 0 Å². The highest BCUT2D eigenvalue weighted by molar-refractivity contribution is 6.33. The third-order valence-corrected chi connectivity index (χ3v) is 2.72. The lowest BCUT2D eigenvalue weighted by atomic mass is 10.2. The summed E-state index contributed by atoms with van der Waals surface area (Å²) in [6.07, 6.45) is -0.537. The van der Waals surface area contributed by atoms with Gasteiger partial charge >= 0.3 is 0 Å². The van der Waals surface area contributed by atoms with Crippen molar-refractivity contribution in [3.05, 3.63) is 29.0 Å². The number of carbonyl (C=O) groups is 1. The van der Waals surface area contributed by atoms with Crippen LogP contribution in [0.15, 0.2) is 18.2 Å². The van der Waals surface area contributed by atoms with E-state index in [9.17, 15) is 9.18 Å². The Hall–Kier alpha value is -1.17.